The molecule has 0 aliphatic heterocycles. The molecule has 3 aromatic carbocycles. The van der Waals surface area contributed by atoms with Gasteiger partial charge in [-0.25, -0.2) is 13.8 Å². The molecule has 0 N–H and O–H groups in total. The van der Waals surface area contributed by atoms with Crippen molar-refractivity contribution in [1.29, 1.82) is 0 Å². The van der Waals surface area contributed by atoms with E-state index in [0.29, 0.717) is 35.0 Å². The van der Waals surface area contributed by atoms with Crippen LogP contribution in [-0.2, 0) is 13.0 Å². The van der Waals surface area contributed by atoms with Gasteiger partial charge in [-0.05, 0) is 47.7 Å². The Bertz CT molecular complexity index is 1540. The van der Waals surface area contributed by atoms with E-state index in [1.165, 1.54) is 17.4 Å². The summed E-state index contributed by atoms with van der Waals surface area (Å²) in [6.07, 6.45) is 2.20. The summed E-state index contributed by atoms with van der Waals surface area (Å²) in [7, 11) is 0. The SMILES string of the molecule is CC(C)c1c(C(=O)CCc2ccc(F)c(F)c2)c2ccc(Oc3nccs3)cc2n1Cc1ccccc1. The molecular weight excluding hydrogens is 490 g/mol. The fourth-order valence-electron chi connectivity index (χ4n) is 4.68. The molecule has 5 aromatic rings. The molecule has 0 radical (unpaired) electrons. The molecule has 0 saturated heterocycles. The normalized spacial score (nSPS) is 11.4. The summed E-state index contributed by atoms with van der Waals surface area (Å²) in [5.41, 5.74) is 4.22. The Labute approximate surface area is 218 Å². The van der Waals surface area contributed by atoms with Gasteiger partial charge in [-0.15, -0.1) is 0 Å². The fourth-order valence-corrected chi connectivity index (χ4v) is 5.19. The number of fused-ring (bicyclic) bond motifs is 1. The van der Waals surface area contributed by atoms with Crippen LogP contribution >= 0.6 is 11.3 Å². The van der Waals surface area contributed by atoms with E-state index >= 15 is 0 Å². The van der Waals surface area contributed by atoms with Crippen LogP contribution in [-0.4, -0.2) is 15.3 Å². The number of nitrogens with zero attached hydrogens (tertiary/aromatic N) is 2. The summed E-state index contributed by atoms with van der Waals surface area (Å²) in [6.45, 7) is 4.76. The molecule has 0 aliphatic carbocycles. The first-order valence-electron chi connectivity index (χ1n) is 12.1. The predicted octanol–water partition coefficient (Wildman–Crippen LogP) is 8.16. The Morgan fingerprint density at radius 3 is 2.51 bits per heavy atom. The highest BCUT2D eigenvalue weighted by Gasteiger charge is 2.25. The van der Waals surface area contributed by atoms with E-state index in [-0.39, 0.29) is 18.1 Å². The number of aryl methyl sites for hydroxylation is 1. The Kier molecular flexibility index (Phi) is 7.15. The Hall–Kier alpha value is -3.84. The molecule has 188 valence electrons. The third-order valence-electron chi connectivity index (χ3n) is 6.33. The quantitative estimate of drug-likeness (QED) is 0.186. The number of Topliss-reactive ketones (excluding diaryl/α,β-unsaturated/α-hetero) is 1. The van der Waals surface area contributed by atoms with Crippen LogP contribution in [0.3, 0.4) is 0 Å². The number of halogens is 2. The van der Waals surface area contributed by atoms with Gasteiger partial charge in [0.25, 0.3) is 5.19 Å². The molecule has 2 aromatic heterocycles. The molecule has 0 unspecified atom stereocenters. The summed E-state index contributed by atoms with van der Waals surface area (Å²) in [5, 5.41) is 3.25. The van der Waals surface area contributed by atoms with Crippen molar-refractivity contribution >= 4 is 28.0 Å². The molecule has 0 amide bonds. The second kappa shape index (κ2) is 10.6. The smallest absolute Gasteiger partial charge is 0.278 e. The molecular formula is C30H26F2N2O2S. The number of hydrogen-bond donors (Lipinski definition) is 0. The molecule has 0 spiro atoms. The molecule has 0 saturated carbocycles. The second-order valence-electron chi connectivity index (χ2n) is 9.24. The van der Waals surface area contributed by atoms with Gasteiger partial charge in [0.05, 0.1) is 5.52 Å². The van der Waals surface area contributed by atoms with Crippen molar-refractivity contribution in [3.05, 3.63) is 112 Å². The van der Waals surface area contributed by atoms with Gasteiger partial charge < -0.3 is 9.30 Å². The van der Waals surface area contributed by atoms with E-state index in [2.05, 4.69) is 35.5 Å². The second-order valence-corrected chi connectivity index (χ2v) is 10.1. The minimum absolute atomic E-state index is 0.0289. The van der Waals surface area contributed by atoms with Crippen molar-refractivity contribution in [3.8, 4) is 10.9 Å². The number of aromatic nitrogens is 2. The lowest BCUT2D eigenvalue weighted by molar-refractivity contribution is 0.0982. The van der Waals surface area contributed by atoms with Gasteiger partial charge in [0.2, 0.25) is 0 Å². The first-order chi connectivity index (χ1) is 17.9. The predicted molar refractivity (Wildman–Crippen MR) is 143 cm³/mol. The van der Waals surface area contributed by atoms with E-state index in [1.807, 2.05) is 41.8 Å². The molecule has 7 heteroatoms. The third kappa shape index (κ3) is 5.32. The average molecular weight is 517 g/mol. The van der Waals surface area contributed by atoms with Crippen LogP contribution < -0.4 is 4.74 Å². The van der Waals surface area contributed by atoms with E-state index in [0.717, 1.165) is 34.3 Å². The lowest BCUT2D eigenvalue weighted by Gasteiger charge is -2.15. The van der Waals surface area contributed by atoms with Crippen molar-refractivity contribution in [2.24, 2.45) is 0 Å². The first kappa shape index (κ1) is 24.8. The molecule has 2 heterocycles. The van der Waals surface area contributed by atoms with Crippen LogP contribution in [0.15, 0.2) is 78.3 Å². The Morgan fingerprint density at radius 1 is 1.00 bits per heavy atom. The highest BCUT2D eigenvalue weighted by molar-refractivity contribution is 7.11. The maximum absolute atomic E-state index is 13.7. The monoisotopic (exact) mass is 516 g/mol. The van der Waals surface area contributed by atoms with Crippen molar-refractivity contribution < 1.29 is 18.3 Å². The van der Waals surface area contributed by atoms with E-state index in [1.54, 1.807) is 6.20 Å². The number of carbonyl (C=O) groups is 1. The molecule has 0 bridgehead atoms. The Balaban J connectivity index is 1.57. The van der Waals surface area contributed by atoms with Crippen LogP contribution in [0.2, 0.25) is 0 Å². The molecule has 0 fully saturated rings. The topological polar surface area (TPSA) is 44.1 Å². The molecule has 4 nitrogen and oxygen atoms in total. The number of hydrogen-bond acceptors (Lipinski definition) is 4. The maximum atomic E-state index is 13.7. The Morgan fingerprint density at radius 2 is 1.81 bits per heavy atom. The van der Waals surface area contributed by atoms with E-state index < -0.39 is 11.6 Å². The summed E-state index contributed by atoms with van der Waals surface area (Å²) < 4.78 is 35.2. The van der Waals surface area contributed by atoms with Crippen LogP contribution in [0.5, 0.6) is 10.9 Å². The zero-order valence-electron chi connectivity index (χ0n) is 20.6. The van der Waals surface area contributed by atoms with Gasteiger partial charge in [-0.3, -0.25) is 4.79 Å². The maximum Gasteiger partial charge on any atom is 0.278 e. The van der Waals surface area contributed by atoms with Gasteiger partial charge >= 0.3 is 0 Å². The van der Waals surface area contributed by atoms with Gasteiger partial charge in [0.1, 0.15) is 5.75 Å². The number of thiazole rings is 1. The summed E-state index contributed by atoms with van der Waals surface area (Å²) >= 11 is 1.41. The average Bonchev–Trinajstić information content (AvgIpc) is 3.51. The molecule has 0 aliphatic rings. The summed E-state index contributed by atoms with van der Waals surface area (Å²) in [4.78, 5) is 17.9. The van der Waals surface area contributed by atoms with Crippen molar-refractivity contribution in [3.63, 3.8) is 0 Å². The van der Waals surface area contributed by atoms with E-state index in [4.69, 9.17) is 4.74 Å². The number of carbonyl (C=O) groups excluding carboxylic acids is 1. The third-order valence-corrected chi connectivity index (χ3v) is 6.97. The van der Waals surface area contributed by atoms with Gasteiger partial charge in [-0.1, -0.05) is 61.6 Å². The fraction of sp³-hybridized carbons (Fsp3) is 0.200. The lowest BCUT2D eigenvalue weighted by Crippen LogP contribution is -2.11. The molecule has 0 atom stereocenters. The lowest BCUT2D eigenvalue weighted by atomic mass is 9.96. The number of ketones is 1. The molecule has 5 rings (SSSR count). The summed E-state index contributed by atoms with van der Waals surface area (Å²) in [6, 6.07) is 19.6. The number of benzene rings is 3. The minimum atomic E-state index is -0.903. The van der Waals surface area contributed by atoms with Gasteiger partial charge in [0.15, 0.2) is 17.4 Å². The largest absolute Gasteiger partial charge is 0.431 e. The van der Waals surface area contributed by atoms with Crippen LogP contribution in [0.25, 0.3) is 10.9 Å². The number of ether oxygens (including phenoxy) is 1. The first-order valence-corrected chi connectivity index (χ1v) is 13.0. The summed E-state index contributed by atoms with van der Waals surface area (Å²) in [5.74, 6) is -1.11. The zero-order valence-corrected chi connectivity index (χ0v) is 21.4. The minimum Gasteiger partial charge on any atom is -0.431 e. The van der Waals surface area contributed by atoms with Crippen molar-refractivity contribution in [2.45, 2.75) is 39.2 Å². The van der Waals surface area contributed by atoms with E-state index in [9.17, 15) is 13.6 Å². The van der Waals surface area contributed by atoms with Crippen molar-refractivity contribution in [1.82, 2.24) is 9.55 Å². The van der Waals surface area contributed by atoms with Crippen LogP contribution in [0.1, 0.15) is 53.4 Å². The van der Waals surface area contributed by atoms with Crippen molar-refractivity contribution in [2.75, 3.05) is 0 Å². The highest BCUT2D eigenvalue weighted by atomic mass is 32.1. The highest BCUT2D eigenvalue weighted by Crippen LogP contribution is 2.36. The zero-order chi connectivity index (χ0) is 25.9. The van der Waals surface area contributed by atoms with Gasteiger partial charge in [-0.2, -0.15) is 0 Å². The molecule has 37 heavy (non-hydrogen) atoms. The van der Waals surface area contributed by atoms with Gasteiger partial charge in [0, 0.05) is 47.3 Å². The number of rotatable bonds is 9. The standard InChI is InChI=1S/C30H26F2N2O2S/c1-19(2)29-28(27(35)13-9-20-8-12-24(31)25(32)16-20)23-11-10-22(36-30-33-14-15-37-30)17-26(23)34(29)18-21-6-4-3-5-7-21/h3-8,10-12,14-17,19H,9,13,18H2,1-2H3. The van der Waals surface area contributed by atoms with Crippen LogP contribution in [0, 0.1) is 11.6 Å². The van der Waals surface area contributed by atoms with Crippen LogP contribution in [0.4, 0.5) is 8.78 Å².